The molecular weight excluding hydrogens is 475 g/mol. The summed E-state index contributed by atoms with van der Waals surface area (Å²) in [4.78, 5) is 29.1. The fourth-order valence-corrected chi connectivity index (χ4v) is 5.19. The lowest BCUT2D eigenvalue weighted by Crippen LogP contribution is -2.43. The average molecular weight is 503 g/mol. The van der Waals surface area contributed by atoms with E-state index < -0.39 is 27.5 Å². The molecule has 3 N–H and O–H groups in total. The van der Waals surface area contributed by atoms with E-state index in [0.29, 0.717) is 55.1 Å². The lowest BCUT2D eigenvalue weighted by molar-refractivity contribution is -0.127. The monoisotopic (exact) mass is 502 g/mol. The van der Waals surface area contributed by atoms with Crippen LogP contribution in [0.2, 0.25) is 0 Å². The number of nitrogens with one attached hydrogen (secondary N) is 1. The molecule has 0 aliphatic heterocycles. The molecule has 2 aliphatic rings. The summed E-state index contributed by atoms with van der Waals surface area (Å²) in [7, 11) is -3.45. The topological polar surface area (TPSA) is 150 Å². The smallest absolute Gasteiger partial charge is 0.236 e. The van der Waals surface area contributed by atoms with Crippen LogP contribution in [0.15, 0.2) is 43.0 Å². The lowest BCUT2D eigenvalue weighted by Gasteiger charge is -2.32. The largest absolute Gasteiger partial charge is 0.477 e. The second kappa shape index (κ2) is 10.1. The van der Waals surface area contributed by atoms with Crippen LogP contribution in [0.25, 0.3) is 5.57 Å². The fourth-order valence-electron chi connectivity index (χ4n) is 3.88. The zero-order chi connectivity index (χ0) is 25.1. The second-order valence-electron chi connectivity index (χ2n) is 8.53. The van der Waals surface area contributed by atoms with Crippen molar-refractivity contribution in [2.45, 2.75) is 50.4 Å². The van der Waals surface area contributed by atoms with Crippen LogP contribution in [-0.2, 0) is 21.2 Å². The predicted octanol–water partition coefficient (Wildman–Crippen LogP) is 2.36. The highest BCUT2D eigenvalue weighted by Crippen LogP contribution is 2.39. The molecular formula is C23H27FN6O4S. The number of allylic oxidation sites excluding steroid dienone is 3. The number of hydrogen-bond acceptors (Lipinski definition) is 8. The SMILES string of the molecule is CCOc1cncc(C2=C[C@H](F)C(CCCc3cncc(NS(=O)(=O)C4CC4)n3)(C(N)=O)C=C2)n1. The molecule has 12 heteroatoms. The number of aryl methyl sites for hydroxylation is 1. The van der Waals surface area contributed by atoms with E-state index in [1.54, 1.807) is 6.08 Å². The van der Waals surface area contributed by atoms with Crippen LogP contribution in [0.4, 0.5) is 10.2 Å². The Morgan fingerprint density at radius 2 is 2.00 bits per heavy atom. The van der Waals surface area contributed by atoms with Gasteiger partial charge in [0.1, 0.15) is 11.6 Å². The minimum atomic E-state index is -3.45. The molecule has 2 aromatic heterocycles. The highest BCUT2D eigenvalue weighted by atomic mass is 32.2. The summed E-state index contributed by atoms with van der Waals surface area (Å²) in [6.07, 6.45) is 10.7. The van der Waals surface area contributed by atoms with E-state index in [4.69, 9.17) is 10.5 Å². The van der Waals surface area contributed by atoms with Gasteiger partial charge in [-0.15, -0.1) is 0 Å². The van der Waals surface area contributed by atoms with Gasteiger partial charge in [-0.05, 0) is 45.1 Å². The van der Waals surface area contributed by atoms with E-state index in [2.05, 4.69) is 24.7 Å². The molecule has 1 amide bonds. The molecule has 2 atom stereocenters. The number of aromatic nitrogens is 4. The molecule has 35 heavy (non-hydrogen) atoms. The Bertz CT molecular complexity index is 1260. The van der Waals surface area contributed by atoms with Gasteiger partial charge in [-0.2, -0.15) is 0 Å². The third-order valence-electron chi connectivity index (χ3n) is 5.96. The number of hydrogen-bond donors (Lipinski definition) is 2. The Morgan fingerprint density at radius 1 is 1.23 bits per heavy atom. The molecule has 186 valence electrons. The number of sulfonamides is 1. The van der Waals surface area contributed by atoms with Crippen molar-refractivity contribution in [2.75, 3.05) is 11.3 Å². The number of alkyl halides is 1. The van der Waals surface area contributed by atoms with Crippen molar-refractivity contribution in [2.24, 2.45) is 11.1 Å². The van der Waals surface area contributed by atoms with Gasteiger partial charge in [0.2, 0.25) is 21.8 Å². The van der Waals surface area contributed by atoms with Gasteiger partial charge in [-0.25, -0.2) is 22.8 Å². The lowest BCUT2D eigenvalue weighted by atomic mass is 9.73. The van der Waals surface area contributed by atoms with Crippen molar-refractivity contribution >= 4 is 27.3 Å². The molecule has 0 spiro atoms. The number of nitrogens with two attached hydrogens (primary N) is 1. The van der Waals surface area contributed by atoms with Gasteiger partial charge < -0.3 is 10.5 Å². The Balaban J connectivity index is 1.43. The molecule has 2 heterocycles. The minimum absolute atomic E-state index is 0.133. The summed E-state index contributed by atoms with van der Waals surface area (Å²) in [5, 5.41) is -0.381. The first-order valence-corrected chi connectivity index (χ1v) is 12.9. The molecule has 0 aromatic carbocycles. The van der Waals surface area contributed by atoms with E-state index in [1.165, 1.54) is 36.9 Å². The zero-order valence-electron chi connectivity index (χ0n) is 19.2. The zero-order valence-corrected chi connectivity index (χ0v) is 20.0. The average Bonchev–Trinajstić information content (AvgIpc) is 3.67. The van der Waals surface area contributed by atoms with Crippen molar-refractivity contribution in [3.05, 3.63) is 54.4 Å². The molecule has 2 aliphatic carbocycles. The van der Waals surface area contributed by atoms with Crippen LogP contribution in [0.3, 0.4) is 0 Å². The van der Waals surface area contributed by atoms with Crippen LogP contribution in [0.1, 0.15) is 44.0 Å². The number of halogens is 1. The maximum Gasteiger partial charge on any atom is 0.236 e. The number of anilines is 1. The highest BCUT2D eigenvalue weighted by molar-refractivity contribution is 7.93. The van der Waals surface area contributed by atoms with Crippen molar-refractivity contribution in [1.82, 2.24) is 19.9 Å². The highest BCUT2D eigenvalue weighted by Gasteiger charge is 2.43. The first-order valence-electron chi connectivity index (χ1n) is 11.4. The van der Waals surface area contributed by atoms with Crippen LogP contribution in [0.5, 0.6) is 5.88 Å². The number of nitrogens with zero attached hydrogens (tertiary/aromatic N) is 4. The molecule has 1 fully saturated rings. The summed E-state index contributed by atoms with van der Waals surface area (Å²) >= 11 is 0. The van der Waals surface area contributed by atoms with Crippen molar-refractivity contribution in [1.29, 1.82) is 0 Å². The van der Waals surface area contributed by atoms with Gasteiger partial charge in [-0.3, -0.25) is 19.5 Å². The van der Waals surface area contributed by atoms with E-state index >= 15 is 4.39 Å². The molecule has 10 nitrogen and oxygen atoms in total. The third kappa shape index (κ3) is 5.64. The quantitative estimate of drug-likeness (QED) is 0.475. The number of carbonyl (C=O) groups excluding carboxylic acids is 1. The predicted molar refractivity (Wildman–Crippen MR) is 127 cm³/mol. The number of amides is 1. The molecule has 0 saturated heterocycles. The molecule has 1 unspecified atom stereocenters. The maximum absolute atomic E-state index is 15.4. The number of ether oxygens (including phenoxy) is 1. The molecule has 4 rings (SSSR count). The van der Waals surface area contributed by atoms with Gasteiger partial charge in [0.05, 0.1) is 41.8 Å². The molecule has 0 radical (unpaired) electrons. The van der Waals surface area contributed by atoms with Gasteiger partial charge >= 0.3 is 0 Å². The van der Waals surface area contributed by atoms with Crippen molar-refractivity contribution in [3.8, 4) is 5.88 Å². The van der Waals surface area contributed by atoms with Crippen LogP contribution >= 0.6 is 0 Å². The number of carbonyl (C=O) groups is 1. The fraction of sp³-hybridized carbons (Fsp3) is 0.435. The maximum atomic E-state index is 15.4. The molecule has 2 aromatic rings. The Labute approximate surface area is 203 Å². The minimum Gasteiger partial charge on any atom is -0.477 e. The van der Waals surface area contributed by atoms with Crippen LogP contribution in [0, 0.1) is 5.41 Å². The third-order valence-corrected chi connectivity index (χ3v) is 7.80. The Morgan fingerprint density at radius 3 is 2.69 bits per heavy atom. The standard InChI is InChI=1S/C23H27FN6O4S/c1-2-34-21-14-27-12-18(29-21)15-7-9-23(22(25)31,19(24)10-15)8-3-4-16-11-26-13-20(28-16)30-35(32,33)17-5-6-17/h7,9-14,17,19H,2-6,8H2,1H3,(H2,25,31)(H,28,30)/t19-,23?/m0/s1. The Hall–Kier alpha value is -3.41. The first kappa shape index (κ1) is 24.7. The molecule has 0 bridgehead atoms. The molecule has 1 saturated carbocycles. The summed E-state index contributed by atoms with van der Waals surface area (Å²) in [6.45, 7) is 2.24. The van der Waals surface area contributed by atoms with E-state index in [0.717, 1.165) is 0 Å². The van der Waals surface area contributed by atoms with E-state index in [9.17, 15) is 13.2 Å². The summed E-state index contributed by atoms with van der Waals surface area (Å²) < 4.78 is 47.4. The van der Waals surface area contributed by atoms with Crippen LogP contribution in [-0.4, -0.2) is 52.3 Å². The van der Waals surface area contributed by atoms with Gasteiger partial charge in [0, 0.05) is 11.8 Å². The van der Waals surface area contributed by atoms with E-state index in [1.807, 2.05) is 6.92 Å². The van der Waals surface area contributed by atoms with Gasteiger partial charge in [0.25, 0.3) is 0 Å². The second-order valence-corrected chi connectivity index (χ2v) is 10.5. The number of rotatable bonds is 11. The first-order chi connectivity index (χ1) is 16.7. The summed E-state index contributed by atoms with van der Waals surface area (Å²) in [6, 6.07) is 0. The van der Waals surface area contributed by atoms with E-state index in [-0.39, 0.29) is 17.5 Å². The summed E-state index contributed by atoms with van der Waals surface area (Å²) in [5.41, 5.74) is 5.54. The van der Waals surface area contributed by atoms with Crippen molar-refractivity contribution in [3.63, 3.8) is 0 Å². The van der Waals surface area contributed by atoms with Gasteiger partial charge in [0.15, 0.2) is 5.82 Å². The summed E-state index contributed by atoms with van der Waals surface area (Å²) in [5.74, 6) is -0.310. The van der Waals surface area contributed by atoms with Crippen LogP contribution < -0.4 is 15.2 Å². The normalized spacial score (nSPS) is 21.9. The van der Waals surface area contributed by atoms with Gasteiger partial charge in [-0.1, -0.05) is 12.2 Å². The number of primary amides is 1. The van der Waals surface area contributed by atoms with Crippen molar-refractivity contribution < 1.29 is 22.3 Å². The Kier molecular flexibility index (Phi) is 7.10.